The van der Waals surface area contributed by atoms with Crippen molar-refractivity contribution in [2.75, 3.05) is 7.11 Å². The maximum atomic E-state index is 12.9. The van der Waals surface area contributed by atoms with Gasteiger partial charge in [-0.1, -0.05) is 11.6 Å². The monoisotopic (exact) mass is 338 g/mol. The number of halogens is 1. The molecule has 0 spiro atoms. The summed E-state index contributed by atoms with van der Waals surface area (Å²) in [5.41, 5.74) is 3.92. The smallest absolute Gasteiger partial charge is 0.210 e. The lowest BCUT2D eigenvalue weighted by Crippen LogP contribution is -2.02. The Balaban J connectivity index is 1.84. The van der Waals surface area contributed by atoms with E-state index in [1.165, 1.54) is 0 Å². The van der Waals surface area contributed by atoms with Crippen molar-refractivity contribution in [1.29, 1.82) is 0 Å². The first-order valence-electron chi connectivity index (χ1n) is 7.56. The first-order chi connectivity index (χ1) is 11.6. The van der Waals surface area contributed by atoms with Gasteiger partial charge in [0.1, 0.15) is 11.4 Å². The first-order valence-corrected chi connectivity index (χ1v) is 7.94. The molecule has 0 amide bonds. The molecule has 0 aliphatic rings. The Bertz CT molecular complexity index is 1090. The normalized spacial score (nSPS) is 11.3. The molecule has 0 aliphatic carbocycles. The van der Waals surface area contributed by atoms with Crippen molar-refractivity contribution < 1.29 is 9.53 Å². The van der Waals surface area contributed by atoms with Crippen LogP contribution in [0.4, 0.5) is 0 Å². The summed E-state index contributed by atoms with van der Waals surface area (Å²) in [5, 5.41) is 2.23. The fraction of sp³-hybridized carbons (Fsp3) is 0.105. The van der Waals surface area contributed by atoms with Crippen LogP contribution in [0, 0.1) is 6.92 Å². The standard InChI is InChI=1S/C19H15ClN2O2/c1-10-9-21-15-5-3-11(7-13(10)15)19(23)18-17(20)14-8-12(24-2)4-6-16(14)22-18/h3-9,21-22H,1-2H3. The number of benzene rings is 2. The number of hydrogen-bond donors (Lipinski definition) is 2. The molecule has 0 bridgehead atoms. The number of methoxy groups -OCH3 is 1. The van der Waals surface area contributed by atoms with Gasteiger partial charge in [-0.05, 0) is 48.9 Å². The second-order valence-electron chi connectivity index (χ2n) is 5.79. The van der Waals surface area contributed by atoms with E-state index in [2.05, 4.69) is 9.97 Å². The minimum Gasteiger partial charge on any atom is -0.497 e. The molecule has 24 heavy (non-hydrogen) atoms. The van der Waals surface area contributed by atoms with Crippen molar-refractivity contribution >= 4 is 39.2 Å². The van der Waals surface area contributed by atoms with Crippen LogP contribution in [0.15, 0.2) is 42.6 Å². The number of carbonyl (C=O) groups excluding carboxylic acids is 1. The van der Waals surface area contributed by atoms with Gasteiger partial charge in [0.25, 0.3) is 0 Å². The van der Waals surface area contributed by atoms with Gasteiger partial charge in [-0.15, -0.1) is 0 Å². The van der Waals surface area contributed by atoms with Crippen molar-refractivity contribution in [3.05, 3.63) is 64.4 Å². The minimum absolute atomic E-state index is 0.127. The summed E-state index contributed by atoms with van der Waals surface area (Å²) in [5.74, 6) is 0.574. The van der Waals surface area contributed by atoms with Gasteiger partial charge in [0.05, 0.1) is 12.1 Å². The molecule has 4 nitrogen and oxygen atoms in total. The molecular weight excluding hydrogens is 324 g/mol. The number of ether oxygens (including phenoxy) is 1. The lowest BCUT2D eigenvalue weighted by molar-refractivity contribution is 0.103. The molecule has 0 aliphatic heterocycles. The van der Waals surface area contributed by atoms with Crippen LogP contribution in [0.1, 0.15) is 21.6 Å². The predicted octanol–water partition coefficient (Wildman–Crippen LogP) is 4.85. The number of carbonyl (C=O) groups is 1. The Morgan fingerprint density at radius 1 is 1.08 bits per heavy atom. The number of H-pyrrole nitrogens is 2. The average Bonchev–Trinajstić information content (AvgIpc) is 3.14. The molecule has 0 fully saturated rings. The molecule has 2 heterocycles. The Kier molecular flexibility index (Phi) is 3.36. The third-order valence-electron chi connectivity index (χ3n) is 4.32. The van der Waals surface area contributed by atoms with Gasteiger partial charge >= 0.3 is 0 Å². The zero-order chi connectivity index (χ0) is 16.8. The number of aryl methyl sites for hydroxylation is 1. The highest BCUT2D eigenvalue weighted by atomic mass is 35.5. The first kappa shape index (κ1) is 14.8. The molecule has 0 saturated heterocycles. The third-order valence-corrected chi connectivity index (χ3v) is 4.71. The molecule has 2 aromatic heterocycles. The fourth-order valence-electron chi connectivity index (χ4n) is 2.97. The number of hydrogen-bond acceptors (Lipinski definition) is 2. The second-order valence-corrected chi connectivity index (χ2v) is 6.16. The fourth-order valence-corrected chi connectivity index (χ4v) is 3.26. The maximum absolute atomic E-state index is 12.9. The van der Waals surface area contributed by atoms with Crippen molar-refractivity contribution in [3.8, 4) is 5.75 Å². The quantitative estimate of drug-likeness (QED) is 0.524. The van der Waals surface area contributed by atoms with E-state index < -0.39 is 0 Å². The summed E-state index contributed by atoms with van der Waals surface area (Å²) in [7, 11) is 1.60. The van der Waals surface area contributed by atoms with Crippen LogP contribution in [-0.4, -0.2) is 22.9 Å². The zero-order valence-electron chi connectivity index (χ0n) is 13.2. The summed E-state index contributed by atoms with van der Waals surface area (Å²) in [6, 6.07) is 11.1. The van der Waals surface area contributed by atoms with E-state index in [-0.39, 0.29) is 5.78 Å². The Labute approximate surface area is 143 Å². The third kappa shape index (κ3) is 2.19. The van der Waals surface area contributed by atoms with Crippen LogP contribution < -0.4 is 4.74 Å². The van der Waals surface area contributed by atoms with Gasteiger partial charge in [-0.25, -0.2) is 0 Å². The van der Waals surface area contributed by atoms with Crippen LogP contribution >= 0.6 is 11.6 Å². The molecule has 120 valence electrons. The Morgan fingerprint density at radius 3 is 2.67 bits per heavy atom. The number of aromatic nitrogens is 2. The summed E-state index contributed by atoms with van der Waals surface area (Å²) < 4.78 is 5.22. The summed E-state index contributed by atoms with van der Waals surface area (Å²) in [4.78, 5) is 19.2. The van der Waals surface area contributed by atoms with Crippen molar-refractivity contribution in [1.82, 2.24) is 9.97 Å². The highest BCUT2D eigenvalue weighted by Gasteiger charge is 2.19. The molecule has 2 N–H and O–H groups in total. The maximum Gasteiger partial charge on any atom is 0.210 e. The summed E-state index contributed by atoms with van der Waals surface area (Å²) >= 11 is 6.45. The highest BCUT2D eigenvalue weighted by molar-refractivity contribution is 6.39. The lowest BCUT2D eigenvalue weighted by Gasteiger charge is -2.01. The van der Waals surface area contributed by atoms with Gasteiger partial charge in [0.15, 0.2) is 0 Å². The zero-order valence-corrected chi connectivity index (χ0v) is 14.0. The molecule has 0 radical (unpaired) electrons. The number of fused-ring (bicyclic) bond motifs is 2. The second kappa shape index (κ2) is 5.42. The Morgan fingerprint density at radius 2 is 1.88 bits per heavy atom. The van der Waals surface area contributed by atoms with Crippen LogP contribution in [0.3, 0.4) is 0 Å². The minimum atomic E-state index is -0.127. The molecule has 4 aromatic rings. The largest absolute Gasteiger partial charge is 0.497 e. The number of nitrogens with one attached hydrogen (secondary N) is 2. The predicted molar refractivity (Wildman–Crippen MR) is 96.3 cm³/mol. The van der Waals surface area contributed by atoms with E-state index in [9.17, 15) is 4.79 Å². The van der Waals surface area contributed by atoms with E-state index in [4.69, 9.17) is 16.3 Å². The number of ketones is 1. The van der Waals surface area contributed by atoms with E-state index in [0.717, 1.165) is 27.4 Å². The van der Waals surface area contributed by atoms with E-state index in [1.807, 2.05) is 49.5 Å². The lowest BCUT2D eigenvalue weighted by atomic mass is 10.0. The summed E-state index contributed by atoms with van der Waals surface area (Å²) in [6.45, 7) is 2.01. The van der Waals surface area contributed by atoms with Crippen LogP contribution in [-0.2, 0) is 0 Å². The van der Waals surface area contributed by atoms with Gasteiger partial charge in [-0.2, -0.15) is 0 Å². The molecule has 0 atom stereocenters. The van der Waals surface area contributed by atoms with Crippen LogP contribution in [0.2, 0.25) is 5.02 Å². The molecule has 0 saturated carbocycles. The van der Waals surface area contributed by atoms with E-state index >= 15 is 0 Å². The average molecular weight is 339 g/mol. The van der Waals surface area contributed by atoms with Gasteiger partial charge in [0, 0.05) is 33.6 Å². The topological polar surface area (TPSA) is 57.9 Å². The summed E-state index contributed by atoms with van der Waals surface area (Å²) in [6.07, 6.45) is 1.93. The van der Waals surface area contributed by atoms with Crippen LogP contribution in [0.5, 0.6) is 5.75 Å². The van der Waals surface area contributed by atoms with Crippen molar-refractivity contribution in [2.45, 2.75) is 6.92 Å². The van der Waals surface area contributed by atoms with Crippen molar-refractivity contribution in [2.24, 2.45) is 0 Å². The molecule has 4 rings (SSSR count). The molecule has 5 heteroatoms. The number of rotatable bonds is 3. The molecular formula is C19H15ClN2O2. The SMILES string of the molecule is COc1ccc2[nH]c(C(=O)c3ccc4[nH]cc(C)c4c3)c(Cl)c2c1. The van der Waals surface area contributed by atoms with E-state index in [0.29, 0.717) is 22.0 Å². The molecule has 2 aromatic carbocycles. The molecule has 0 unspecified atom stereocenters. The van der Waals surface area contributed by atoms with Crippen molar-refractivity contribution in [3.63, 3.8) is 0 Å². The van der Waals surface area contributed by atoms with Gasteiger partial charge < -0.3 is 14.7 Å². The van der Waals surface area contributed by atoms with Crippen LogP contribution in [0.25, 0.3) is 21.8 Å². The highest BCUT2D eigenvalue weighted by Crippen LogP contribution is 2.32. The Hall–Kier alpha value is -2.72. The van der Waals surface area contributed by atoms with Gasteiger partial charge in [0.2, 0.25) is 5.78 Å². The van der Waals surface area contributed by atoms with E-state index in [1.54, 1.807) is 7.11 Å². The number of aromatic amines is 2. The van der Waals surface area contributed by atoms with Gasteiger partial charge in [-0.3, -0.25) is 4.79 Å².